The number of aromatic carboxylic acids is 1. The van der Waals surface area contributed by atoms with Crippen LogP contribution in [-0.4, -0.2) is 51.0 Å². The zero-order valence-electron chi connectivity index (χ0n) is 11.8. The third-order valence-electron chi connectivity index (χ3n) is 3.83. The number of carboxylic acids is 1. The van der Waals surface area contributed by atoms with Gasteiger partial charge in [-0.2, -0.15) is 0 Å². The molecule has 8 heteroatoms. The Morgan fingerprint density at radius 2 is 2.00 bits per heavy atom. The SMILES string of the molecule is O=C(O)c1cc(-c2ncc(N3CCC(CO)CC3)cn2)no1. The van der Waals surface area contributed by atoms with Gasteiger partial charge in [-0.15, -0.1) is 0 Å². The van der Waals surface area contributed by atoms with E-state index in [4.69, 9.17) is 10.2 Å². The van der Waals surface area contributed by atoms with Crippen LogP contribution in [0, 0.1) is 5.92 Å². The largest absolute Gasteiger partial charge is 0.475 e. The summed E-state index contributed by atoms with van der Waals surface area (Å²) in [4.78, 5) is 21.4. The number of anilines is 1. The van der Waals surface area contributed by atoms with E-state index in [1.165, 1.54) is 6.07 Å². The summed E-state index contributed by atoms with van der Waals surface area (Å²) in [6, 6.07) is 1.30. The quantitative estimate of drug-likeness (QED) is 0.861. The Kier molecular flexibility index (Phi) is 4.01. The lowest BCUT2D eigenvalue weighted by atomic mass is 9.98. The molecule has 0 unspecified atom stereocenters. The Balaban J connectivity index is 1.71. The Labute approximate surface area is 126 Å². The molecule has 2 aromatic rings. The van der Waals surface area contributed by atoms with Crippen LogP contribution >= 0.6 is 0 Å². The highest BCUT2D eigenvalue weighted by molar-refractivity contribution is 5.85. The number of nitrogens with zero attached hydrogens (tertiary/aromatic N) is 4. The number of aliphatic hydroxyl groups is 1. The molecule has 0 radical (unpaired) electrons. The van der Waals surface area contributed by atoms with Gasteiger partial charge >= 0.3 is 5.97 Å². The van der Waals surface area contributed by atoms with Gasteiger partial charge in [0.25, 0.3) is 0 Å². The van der Waals surface area contributed by atoms with Crippen LogP contribution in [-0.2, 0) is 0 Å². The van der Waals surface area contributed by atoms with Crippen LogP contribution < -0.4 is 4.90 Å². The van der Waals surface area contributed by atoms with E-state index in [9.17, 15) is 4.79 Å². The summed E-state index contributed by atoms with van der Waals surface area (Å²) in [5.41, 5.74) is 1.20. The third kappa shape index (κ3) is 2.91. The number of hydrogen-bond donors (Lipinski definition) is 2. The molecule has 2 aromatic heterocycles. The first-order valence-electron chi connectivity index (χ1n) is 7.05. The second kappa shape index (κ2) is 6.10. The molecule has 0 atom stereocenters. The molecule has 0 aliphatic carbocycles. The summed E-state index contributed by atoms with van der Waals surface area (Å²) >= 11 is 0. The molecular formula is C14H16N4O4. The summed E-state index contributed by atoms with van der Waals surface area (Å²) in [6.07, 6.45) is 5.28. The highest BCUT2D eigenvalue weighted by atomic mass is 16.5. The lowest BCUT2D eigenvalue weighted by Gasteiger charge is -2.32. The van der Waals surface area contributed by atoms with Gasteiger partial charge in [-0.05, 0) is 18.8 Å². The van der Waals surface area contributed by atoms with E-state index in [0.717, 1.165) is 31.6 Å². The molecule has 22 heavy (non-hydrogen) atoms. The zero-order valence-corrected chi connectivity index (χ0v) is 11.8. The van der Waals surface area contributed by atoms with Gasteiger partial charge in [0, 0.05) is 25.8 Å². The van der Waals surface area contributed by atoms with Crippen molar-refractivity contribution in [3.05, 3.63) is 24.2 Å². The van der Waals surface area contributed by atoms with Crippen LogP contribution in [0.15, 0.2) is 23.0 Å². The van der Waals surface area contributed by atoms with Gasteiger partial charge in [-0.3, -0.25) is 0 Å². The summed E-state index contributed by atoms with van der Waals surface area (Å²) in [5.74, 6) is -0.720. The van der Waals surface area contributed by atoms with Gasteiger partial charge in [-0.1, -0.05) is 5.16 Å². The molecule has 1 aliphatic rings. The number of hydrogen-bond acceptors (Lipinski definition) is 7. The average Bonchev–Trinajstić information content (AvgIpc) is 3.05. The molecule has 116 valence electrons. The van der Waals surface area contributed by atoms with Crippen molar-refractivity contribution in [3.63, 3.8) is 0 Å². The Morgan fingerprint density at radius 1 is 1.32 bits per heavy atom. The van der Waals surface area contributed by atoms with Gasteiger partial charge in [0.1, 0.15) is 0 Å². The van der Waals surface area contributed by atoms with E-state index in [-0.39, 0.29) is 12.4 Å². The fourth-order valence-electron chi connectivity index (χ4n) is 2.47. The normalized spacial score (nSPS) is 16.0. The van der Waals surface area contributed by atoms with Crippen LogP contribution in [0.4, 0.5) is 5.69 Å². The predicted octanol–water partition coefficient (Wildman–Crippen LogP) is 1.04. The number of rotatable bonds is 4. The molecule has 0 saturated carbocycles. The van der Waals surface area contributed by atoms with Gasteiger partial charge in [-0.25, -0.2) is 14.8 Å². The summed E-state index contributed by atoms with van der Waals surface area (Å²) in [5, 5.41) is 21.6. The fourth-order valence-corrected chi connectivity index (χ4v) is 2.47. The predicted molar refractivity (Wildman–Crippen MR) is 76.5 cm³/mol. The first kappa shape index (κ1) is 14.5. The van der Waals surface area contributed by atoms with Crippen molar-refractivity contribution in [1.29, 1.82) is 0 Å². The van der Waals surface area contributed by atoms with E-state index < -0.39 is 5.97 Å². The Bertz CT molecular complexity index is 647. The number of carboxylic acid groups (broad SMARTS) is 1. The van der Waals surface area contributed by atoms with Gasteiger partial charge in [0.2, 0.25) is 5.76 Å². The molecule has 0 aromatic carbocycles. The number of aromatic nitrogens is 3. The second-order valence-electron chi connectivity index (χ2n) is 5.26. The van der Waals surface area contributed by atoms with Crippen molar-refractivity contribution >= 4 is 11.7 Å². The van der Waals surface area contributed by atoms with Crippen molar-refractivity contribution in [3.8, 4) is 11.5 Å². The summed E-state index contributed by atoms with van der Waals surface area (Å²) < 4.78 is 4.69. The van der Waals surface area contributed by atoms with Crippen LogP contribution in [0.2, 0.25) is 0 Å². The minimum atomic E-state index is -1.18. The Morgan fingerprint density at radius 3 is 2.55 bits per heavy atom. The van der Waals surface area contributed by atoms with E-state index in [1.807, 2.05) is 0 Å². The van der Waals surface area contributed by atoms with Crippen molar-refractivity contribution in [2.75, 3.05) is 24.6 Å². The lowest BCUT2D eigenvalue weighted by Crippen LogP contribution is -2.34. The molecule has 0 amide bonds. The smallest absolute Gasteiger partial charge is 0.374 e. The van der Waals surface area contributed by atoms with Crippen molar-refractivity contribution in [2.45, 2.75) is 12.8 Å². The monoisotopic (exact) mass is 304 g/mol. The molecule has 0 spiro atoms. The van der Waals surface area contributed by atoms with Gasteiger partial charge in [0.05, 0.1) is 18.1 Å². The number of aliphatic hydroxyl groups excluding tert-OH is 1. The maximum atomic E-state index is 10.8. The van der Waals surface area contributed by atoms with Gasteiger partial charge < -0.3 is 19.6 Å². The van der Waals surface area contributed by atoms with E-state index in [1.54, 1.807) is 12.4 Å². The molecule has 8 nitrogen and oxygen atoms in total. The molecule has 3 heterocycles. The lowest BCUT2D eigenvalue weighted by molar-refractivity contribution is 0.0652. The van der Waals surface area contributed by atoms with Crippen LogP contribution in [0.5, 0.6) is 0 Å². The van der Waals surface area contributed by atoms with Crippen molar-refractivity contribution in [2.24, 2.45) is 5.92 Å². The van der Waals surface area contributed by atoms with Crippen LogP contribution in [0.25, 0.3) is 11.5 Å². The molecular weight excluding hydrogens is 288 g/mol. The van der Waals surface area contributed by atoms with E-state index >= 15 is 0 Å². The molecule has 1 fully saturated rings. The van der Waals surface area contributed by atoms with Crippen LogP contribution in [0.1, 0.15) is 23.4 Å². The first-order valence-corrected chi connectivity index (χ1v) is 7.05. The number of piperidine rings is 1. The summed E-state index contributed by atoms with van der Waals surface area (Å²) in [6.45, 7) is 1.96. The molecule has 1 aliphatic heterocycles. The third-order valence-corrected chi connectivity index (χ3v) is 3.83. The Hall–Kier alpha value is -2.48. The topological polar surface area (TPSA) is 113 Å². The van der Waals surface area contributed by atoms with Crippen molar-refractivity contribution in [1.82, 2.24) is 15.1 Å². The minimum Gasteiger partial charge on any atom is -0.475 e. The molecule has 2 N–H and O–H groups in total. The summed E-state index contributed by atoms with van der Waals surface area (Å²) in [7, 11) is 0. The standard InChI is InChI=1S/C14H16N4O4/c19-8-9-1-3-18(4-2-9)10-6-15-13(16-7-10)11-5-12(14(20)21)22-17-11/h5-7,9,19H,1-4,8H2,(H,20,21). The highest BCUT2D eigenvalue weighted by Crippen LogP contribution is 2.23. The molecule has 1 saturated heterocycles. The molecule has 3 rings (SSSR count). The molecule has 0 bridgehead atoms. The van der Waals surface area contributed by atoms with E-state index in [2.05, 4.69) is 24.5 Å². The van der Waals surface area contributed by atoms with Crippen LogP contribution in [0.3, 0.4) is 0 Å². The first-order chi connectivity index (χ1) is 10.7. The maximum absolute atomic E-state index is 10.8. The number of carbonyl (C=O) groups is 1. The fraction of sp³-hybridized carbons (Fsp3) is 0.429. The highest BCUT2D eigenvalue weighted by Gasteiger charge is 2.20. The minimum absolute atomic E-state index is 0.237. The average molecular weight is 304 g/mol. The van der Waals surface area contributed by atoms with E-state index in [0.29, 0.717) is 17.4 Å². The second-order valence-corrected chi connectivity index (χ2v) is 5.26. The van der Waals surface area contributed by atoms with Gasteiger partial charge in [0.15, 0.2) is 11.5 Å². The zero-order chi connectivity index (χ0) is 15.5. The van der Waals surface area contributed by atoms with Crippen molar-refractivity contribution < 1.29 is 19.5 Å². The maximum Gasteiger partial charge on any atom is 0.374 e.